The van der Waals surface area contributed by atoms with Crippen molar-refractivity contribution in [2.45, 2.75) is 18.1 Å². The number of hydrogen-bond acceptors (Lipinski definition) is 5. The summed E-state index contributed by atoms with van der Waals surface area (Å²) in [6.07, 6.45) is 0. The van der Waals surface area contributed by atoms with Gasteiger partial charge >= 0.3 is 0 Å². The Balaban J connectivity index is 1.40. The summed E-state index contributed by atoms with van der Waals surface area (Å²) in [6, 6.07) is 23.7. The first-order valence-electron chi connectivity index (χ1n) is 8.34. The molecule has 0 aliphatic heterocycles. The summed E-state index contributed by atoms with van der Waals surface area (Å²) in [7, 11) is 0. The normalized spacial score (nSPS) is 10.3. The first kappa shape index (κ1) is 17.9. The molecular weight excluding hydrogens is 344 g/mol. The summed E-state index contributed by atoms with van der Waals surface area (Å²) in [4.78, 5) is 11.9. The molecule has 26 heavy (non-hydrogen) atoms. The lowest BCUT2D eigenvalue weighted by Gasteiger charge is -2.06. The van der Waals surface area contributed by atoms with E-state index in [0.29, 0.717) is 24.7 Å². The number of hydrogen-bond donors (Lipinski definition) is 2. The first-order valence-corrected chi connectivity index (χ1v) is 9.33. The minimum atomic E-state index is -0.0214. The highest BCUT2D eigenvalue weighted by Gasteiger charge is 2.05. The van der Waals surface area contributed by atoms with E-state index in [0.717, 1.165) is 10.6 Å². The summed E-state index contributed by atoms with van der Waals surface area (Å²) < 4.78 is 0. The summed E-state index contributed by atoms with van der Waals surface area (Å²) in [5, 5.41) is 15.2. The van der Waals surface area contributed by atoms with Crippen molar-refractivity contribution in [3.63, 3.8) is 0 Å². The number of nitrogens with one attached hydrogen (secondary N) is 2. The van der Waals surface area contributed by atoms with E-state index < -0.39 is 0 Å². The van der Waals surface area contributed by atoms with Gasteiger partial charge in [0.05, 0.1) is 5.75 Å². The third-order valence-corrected chi connectivity index (χ3v) is 4.56. The van der Waals surface area contributed by atoms with Crippen molar-refractivity contribution in [1.29, 1.82) is 0 Å². The van der Waals surface area contributed by atoms with Gasteiger partial charge in [-0.2, -0.15) is 0 Å². The van der Waals surface area contributed by atoms with Crippen LogP contribution in [0.1, 0.15) is 11.1 Å². The molecule has 1 heterocycles. The molecule has 0 spiro atoms. The maximum atomic E-state index is 11.9. The Kier molecular flexibility index (Phi) is 6.61. The Bertz CT molecular complexity index is 810. The Morgan fingerprint density at radius 1 is 0.808 bits per heavy atom. The van der Waals surface area contributed by atoms with E-state index >= 15 is 0 Å². The van der Waals surface area contributed by atoms with Crippen molar-refractivity contribution in [2.24, 2.45) is 0 Å². The van der Waals surface area contributed by atoms with Crippen molar-refractivity contribution < 1.29 is 4.79 Å². The zero-order chi connectivity index (χ0) is 18.0. The van der Waals surface area contributed by atoms with Gasteiger partial charge in [0, 0.05) is 13.1 Å². The largest absolute Gasteiger partial charge is 0.365 e. The Morgan fingerprint density at radius 3 is 2.08 bits per heavy atom. The maximum Gasteiger partial charge on any atom is 0.230 e. The van der Waals surface area contributed by atoms with Crippen LogP contribution in [0.3, 0.4) is 0 Å². The van der Waals surface area contributed by atoms with Crippen LogP contribution < -0.4 is 10.6 Å². The summed E-state index contributed by atoms with van der Waals surface area (Å²) in [6.45, 7) is 1.23. The summed E-state index contributed by atoms with van der Waals surface area (Å²) in [5.41, 5.74) is 2.27. The Hall–Kier alpha value is -2.86. The molecule has 3 aromatic rings. The van der Waals surface area contributed by atoms with Crippen LogP contribution in [0.15, 0.2) is 77.8 Å². The monoisotopic (exact) mass is 364 g/mol. The minimum Gasteiger partial charge on any atom is -0.365 e. The van der Waals surface area contributed by atoms with Crippen LogP contribution in [0.5, 0.6) is 0 Å². The number of amides is 1. The van der Waals surface area contributed by atoms with Crippen LogP contribution in [-0.2, 0) is 17.9 Å². The third kappa shape index (κ3) is 5.89. The molecule has 1 amide bonds. The topological polar surface area (TPSA) is 66.9 Å². The quantitative estimate of drug-likeness (QED) is 0.599. The van der Waals surface area contributed by atoms with Gasteiger partial charge in [-0.1, -0.05) is 72.4 Å². The molecule has 0 aliphatic carbocycles. The van der Waals surface area contributed by atoms with E-state index in [9.17, 15) is 4.79 Å². The molecule has 0 bridgehead atoms. The number of nitrogens with zero attached hydrogens (tertiary/aromatic N) is 2. The lowest BCUT2D eigenvalue weighted by molar-refractivity contribution is -0.118. The molecule has 1 aromatic heterocycles. The standard InChI is InChI=1S/C20H20N4OS/c25-19(22-14-17-9-5-2-6-10-17)15-26-20-12-11-18(23-24-20)21-13-16-7-3-1-4-8-16/h1-12H,13-15H2,(H,21,23)(H,22,25). The molecule has 2 aromatic carbocycles. The molecule has 2 N–H and O–H groups in total. The number of carbonyl (C=O) groups is 1. The highest BCUT2D eigenvalue weighted by molar-refractivity contribution is 7.99. The van der Waals surface area contributed by atoms with Crippen molar-refractivity contribution >= 4 is 23.5 Å². The van der Waals surface area contributed by atoms with Crippen LogP contribution in [0, 0.1) is 0 Å². The van der Waals surface area contributed by atoms with Gasteiger partial charge < -0.3 is 10.6 Å². The predicted molar refractivity (Wildman–Crippen MR) is 105 cm³/mol. The average Bonchev–Trinajstić information content (AvgIpc) is 2.71. The molecule has 132 valence electrons. The third-order valence-electron chi connectivity index (χ3n) is 3.64. The highest BCUT2D eigenvalue weighted by Crippen LogP contribution is 2.15. The second kappa shape index (κ2) is 9.58. The molecule has 6 heteroatoms. The molecule has 0 atom stereocenters. The second-order valence-corrected chi connectivity index (χ2v) is 6.64. The van der Waals surface area contributed by atoms with Crippen molar-refractivity contribution in [3.8, 4) is 0 Å². The van der Waals surface area contributed by atoms with Gasteiger partial charge in [0.25, 0.3) is 0 Å². The van der Waals surface area contributed by atoms with E-state index in [2.05, 4.69) is 33.0 Å². The zero-order valence-electron chi connectivity index (χ0n) is 14.3. The van der Waals surface area contributed by atoms with Crippen molar-refractivity contribution in [2.75, 3.05) is 11.1 Å². The van der Waals surface area contributed by atoms with Crippen molar-refractivity contribution in [1.82, 2.24) is 15.5 Å². The summed E-state index contributed by atoms with van der Waals surface area (Å²) >= 11 is 1.37. The van der Waals surface area contributed by atoms with Crippen LogP contribution in [0.4, 0.5) is 5.82 Å². The van der Waals surface area contributed by atoms with Crippen LogP contribution in [0.2, 0.25) is 0 Å². The molecule has 0 fully saturated rings. The van der Waals surface area contributed by atoms with Crippen LogP contribution in [0.25, 0.3) is 0 Å². The predicted octanol–water partition coefficient (Wildman–Crippen LogP) is 3.50. The number of thioether (sulfide) groups is 1. The molecule has 3 rings (SSSR count). The number of rotatable bonds is 8. The molecule has 0 saturated carbocycles. The molecule has 5 nitrogen and oxygen atoms in total. The van der Waals surface area contributed by atoms with Gasteiger partial charge in [-0.3, -0.25) is 4.79 Å². The van der Waals surface area contributed by atoms with E-state index in [-0.39, 0.29) is 5.91 Å². The number of aromatic nitrogens is 2. The van der Waals surface area contributed by atoms with Gasteiger partial charge in [0.15, 0.2) is 0 Å². The van der Waals surface area contributed by atoms with Gasteiger partial charge in [-0.05, 0) is 23.3 Å². The highest BCUT2D eigenvalue weighted by atomic mass is 32.2. The lowest BCUT2D eigenvalue weighted by atomic mass is 10.2. The molecule has 0 radical (unpaired) electrons. The van der Waals surface area contributed by atoms with E-state index in [4.69, 9.17) is 0 Å². The molecule has 0 unspecified atom stereocenters. The Labute approximate surface area is 157 Å². The molecule has 0 aliphatic rings. The smallest absolute Gasteiger partial charge is 0.230 e. The Morgan fingerprint density at radius 2 is 1.46 bits per heavy atom. The van der Waals surface area contributed by atoms with Gasteiger partial charge in [-0.25, -0.2) is 0 Å². The average molecular weight is 364 g/mol. The first-order chi connectivity index (χ1) is 12.8. The molecule has 0 saturated heterocycles. The molecular formula is C20H20N4OS. The maximum absolute atomic E-state index is 11.9. The fourth-order valence-corrected chi connectivity index (χ4v) is 2.91. The fraction of sp³-hybridized carbons (Fsp3) is 0.150. The SMILES string of the molecule is O=C(CSc1ccc(NCc2ccccc2)nn1)NCc1ccccc1. The lowest BCUT2D eigenvalue weighted by Crippen LogP contribution is -2.24. The van der Waals surface area contributed by atoms with Gasteiger partial charge in [-0.15, -0.1) is 10.2 Å². The van der Waals surface area contributed by atoms with E-state index in [1.165, 1.54) is 17.3 Å². The number of carbonyl (C=O) groups excluding carboxylic acids is 1. The van der Waals surface area contributed by atoms with Crippen molar-refractivity contribution in [3.05, 3.63) is 83.9 Å². The number of anilines is 1. The second-order valence-electron chi connectivity index (χ2n) is 5.65. The van der Waals surface area contributed by atoms with E-state index in [1.807, 2.05) is 60.7 Å². The number of benzene rings is 2. The van der Waals surface area contributed by atoms with Crippen LogP contribution >= 0.6 is 11.8 Å². The van der Waals surface area contributed by atoms with Gasteiger partial charge in [0.1, 0.15) is 10.8 Å². The zero-order valence-corrected chi connectivity index (χ0v) is 15.1. The fourth-order valence-electron chi connectivity index (χ4n) is 2.27. The minimum absolute atomic E-state index is 0.0214. The van der Waals surface area contributed by atoms with E-state index in [1.54, 1.807) is 0 Å². The van der Waals surface area contributed by atoms with Gasteiger partial charge in [0.2, 0.25) is 5.91 Å². The van der Waals surface area contributed by atoms with Crippen LogP contribution in [-0.4, -0.2) is 21.9 Å². The summed E-state index contributed by atoms with van der Waals surface area (Å²) in [5.74, 6) is 1.01.